The number of para-hydroxylation sites is 2. The molecule has 4 rings (SSSR count). The highest BCUT2D eigenvalue weighted by Crippen LogP contribution is 2.26. The van der Waals surface area contributed by atoms with Gasteiger partial charge in [0.25, 0.3) is 5.91 Å². The third kappa shape index (κ3) is 3.77. The Kier molecular flexibility index (Phi) is 5.11. The molecule has 7 nitrogen and oxygen atoms in total. The van der Waals surface area contributed by atoms with E-state index in [1.165, 1.54) is 11.3 Å². The van der Waals surface area contributed by atoms with E-state index in [2.05, 4.69) is 20.6 Å². The van der Waals surface area contributed by atoms with E-state index in [0.717, 1.165) is 22.0 Å². The lowest BCUT2D eigenvalue weighted by Gasteiger charge is -2.09. The Morgan fingerprint density at radius 2 is 2.00 bits per heavy atom. The summed E-state index contributed by atoms with van der Waals surface area (Å²) >= 11 is 1.42. The Morgan fingerprint density at radius 1 is 1.18 bits per heavy atom. The Hall–Kier alpha value is -3.52. The Bertz CT molecular complexity index is 1070. The minimum absolute atomic E-state index is 0.277. The summed E-state index contributed by atoms with van der Waals surface area (Å²) in [5.74, 6) is 0.534. The zero-order valence-electron chi connectivity index (χ0n) is 15.1. The van der Waals surface area contributed by atoms with Crippen molar-refractivity contribution in [2.45, 2.75) is 6.92 Å². The van der Waals surface area contributed by atoms with Crippen LogP contribution < -0.4 is 10.1 Å². The number of amides is 1. The third-order valence-electron chi connectivity index (χ3n) is 3.97. The summed E-state index contributed by atoms with van der Waals surface area (Å²) < 4.78 is 7.05. The number of carbonyl (C=O) groups excluding carboxylic acids is 1. The van der Waals surface area contributed by atoms with Gasteiger partial charge in [0.05, 0.1) is 30.4 Å². The molecule has 0 aliphatic heterocycles. The summed E-state index contributed by atoms with van der Waals surface area (Å²) in [6.45, 7) is 2.57. The first-order valence-corrected chi connectivity index (χ1v) is 9.58. The number of carbonyl (C=O) groups is 1. The maximum absolute atomic E-state index is 12.7. The van der Waals surface area contributed by atoms with Gasteiger partial charge in [-0.1, -0.05) is 17.3 Å². The van der Waals surface area contributed by atoms with Gasteiger partial charge in [0.1, 0.15) is 16.5 Å². The maximum Gasteiger partial charge on any atom is 0.275 e. The van der Waals surface area contributed by atoms with Gasteiger partial charge in [-0.05, 0) is 43.3 Å². The molecule has 2 aromatic carbocycles. The quantitative estimate of drug-likeness (QED) is 0.536. The fourth-order valence-electron chi connectivity index (χ4n) is 2.67. The van der Waals surface area contributed by atoms with Gasteiger partial charge in [0.2, 0.25) is 0 Å². The second-order valence-electron chi connectivity index (χ2n) is 5.81. The predicted molar refractivity (Wildman–Crippen MR) is 108 cm³/mol. The molecule has 1 N–H and O–H groups in total. The number of aromatic nitrogens is 4. The molecule has 0 aliphatic rings. The number of hydrogen-bond donors (Lipinski definition) is 1. The van der Waals surface area contributed by atoms with Gasteiger partial charge in [0, 0.05) is 10.9 Å². The maximum atomic E-state index is 12.7. The van der Waals surface area contributed by atoms with Crippen molar-refractivity contribution in [2.75, 3.05) is 11.9 Å². The normalized spacial score (nSPS) is 10.6. The molecule has 0 spiro atoms. The van der Waals surface area contributed by atoms with Crippen molar-refractivity contribution in [1.82, 2.24) is 20.0 Å². The zero-order valence-corrected chi connectivity index (χ0v) is 15.9. The average molecular weight is 391 g/mol. The van der Waals surface area contributed by atoms with Crippen LogP contribution in [0.25, 0.3) is 16.3 Å². The summed E-state index contributed by atoms with van der Waals surface area (Å²) in [6, 6.07) is 15.1. The van der Waals surface area contributed by atoms with Crippen LogP contribution in [0.2, 0.25) is 0 Å². The molecular weight excluding hydrogens is 374 g/mol. The minimum atomic E-state index is -0.277. The second kappa shape index (κ2) is 8.01. The summed E-state index contributed by atoms with van der Waals surface area (Å²) in [4.78, 5) is 17.2. The summed E-state index contributed by atoms with van der Waals surface area (Å²) in [5.41, 5.74) is 2.67. The fourth-order valence-corrected chi connectivity index (χ4v) is 3.48. The van der Waals surface area contributed by atoms with Crippen LogP contribution in [0, 0.1) is 0 Å². The van der Waals surface area contributed by atoms with Gasteiger partial charge >= 0.3 is 0 Å². The molecule has 0 atom stereocenters. The van der Waals surface area contributed by atoms with Crippen LogP contribution in [0.4, 0.5) is 5.69 Å². The molecule has 0 radical (unpaired) electrons. The number of nitrogens with zero attached hydrogens (tertiary/aromatic N) is 4. The molecule has 0 bridgehead atoms. The topological polar surface area (TPSA) is 81.9 Å². The molecule has 0 saturated heterocycles. The molecule has 8 heteroatoms. The van der Waals surface area contributed by atoms with E-state index in [1.54, 1.807) is 22.5 Å². The van der Waals surface area contributed by atoms with E-state index in [9.17, 15) is 4.79 Å². The third-order valence-corrected chi connectivity index (χ3v) is 4.86. The molecule has 4 aromatic rings. The number of benzene rings is 2. The lowest BCUT2D eigenvalue weighted by Crippen LogP contribution is -2.14. The molecule has 0 saturated carbocycles. The number of ether oxygens (including phenoxy) is 1. The Morgan fingerprint density at radius 3 is 2.75 bits per heavy atom. The van der Waals surface area contributed by atoms with Crippen LogP contribution in [0.15, 0.2) is 66.3 Å². The lowest BCUT2D eigenvalue weighted by atomic mass is 10.2. The highest BCUT2D eigenvalue weighted by atomic mass is 32.1. The summed E-state index contributed by atoms with van der Waals surface area (Å²) in [5, 5.41) is 13.2. The van der Waals surface area contributed by atoms with Crippen molar-refractivity contribution in [3.63, 3.8) is 0 Å². The predicted octanol–water partition coefficient (Wildman–Crippen LogP) is 4.04. The number of hydrogen-bond acceptors (Lipinski definition) is 6. The molecule has 2 heterocycles. The van der Waals surface area contributed by atoms with E-state index >= 15 is 0 Å². The van der Waals surface area contributed by atoms with Crippen LogP contribution in [0.3, 0.4) is 0 Å². The van der Waals surface area contributed by atoms with Gasteiger partial charge in [-0.25, -0.2) is 9.67 Å². The van der Waals surface area contributed by atoms with E-state index < -0.39 is 0 Å². The van der Waals surface area contributed by atoms with Gasteiger partial charge in [-0.3, -0.25) is 4.79 Å². The van der Waals surface area contributed by atoms with Crippen molar-refractivity contribution < 1.29 is 9.53 Å². The average Bonchev–Trinajstić information content (AvgIpc) is 3.42. The van der Waals surface area contributed by atoms with Crippen LogP contribution in [0.5, 0.6) is 5.75 Å². The minimum Gasteiger partial charge on any atom is -0.494 e. The molecule has 0 unspecified atom stereocenters. The Balaban J connectivity index is 1.53. The standard InChI is InChI=1S/C20H17N5O2S/c1-2-27-15-9-7-14(8-10-15)20-23-17(13-28-20)19(26)22-16-5-3-4-6-18(16)25-12-11-21-24-25/h3-13H,2H2,1H3,(H,22,26). The van der Waals surface area contributed by atoms with E-state index in [1.807, 2.05) is 55.5 Å². The SMILES string of the molecule is CCOc1ccc(-c2nc(C(=O)Nc3ccccc3-n3ccnn3)cs2)cc1. The van der Waals surface area contributed by atoms with E-state index in [4.69, 9.17) is 4.74 Å². The van der Waals surface area contributed by atoms with E-state index in [-0.39, 0.29) is 5.91 Å². The van der Waals surface area contributed by atoms with Crippen molar-refractivity contribution in [3.8, 4) is 22.0 Å². The molecule has 28 heavy (non-hydrogen) atoms. The first-order valence-electron chi connectivity index (χ1n) is 8.70. The van der Waals surface area contributed by atoms with Crippen molar-refractivity contribution >= 4 is 22.9 Å². The number of anilines is 1. The molecule has 0 aliphatic carbocycles. The van der Waals surface area contributed by atoms with Crippen molar-refractivity contribution in [2.24, 2.45) is 0 Å². The first-order chi connectivity index (χ1) is 13.7. The zero-order chi connectivity index (χ0) is 19.3. The number of nitrogens with one attached hydrogen (secondary N) is 1. The van der Waals surface area contributed by atoms with Gasteiger partial charge in [-0.15, -0.1) is 16.4 Å². The largest absolute Gasteiger partial charge is 0.494 e. The number of rotatable bonds is 6. The second-order valence-corrected chi connectivity index (χ2v) is 6.67. The van der Waals surface area contributed by atoms with Crippen molar-refractivity contribution in [3.05, 3.63) is 72.0 Å². The molecule has 1 amide bonds. The van der Waals surface area contributed by atoms with Gasteiger partial charge in [0.15, 0.2) is 0 Å². The fraction of sp³-hybridized carbons (Fsp3) is 0.100. The van der Waals surface area contributed by atoms with Crippen LogP contribution in [0.1, 0.15) is 17.4 Å². The van der Waals surface area contributed by atoms with Crippen LogP contribution in [-0.2, 0) is 0 Å². The molecule has 2 aromatic heterocycles. The highest BCUT2D eigenvalue weighted by molar-refractivity contribution is 7.13. The first kappa shape index (κ1) is 17.9. The van der Waals surface area contributed by atoms with Gasteiger partial charge < -0.3 is 10.1 Å². The lowest BCUT2D eigenvalue weighted by molar-refractivity contribution is 0.102. The van der Waals surface area contributed by atoms with Crippen LogP contribution >= 0.6 is 11.3 Å². The monoisotopic (exact) mass is 391 g/mol. The smallest absolute Gasteiger partial charge is 0.275 e. The summed E-state index contributed by atoms with van der Waals surface area (Å²) in [7, 11) is 0. The van der Waals surface area contributed by atoms with Crippen LogP contribution in [-0.4, -0.2) is 32.5 Å². The molecule has 0 fully saturated rings. The van der Waals surface area contributed by atoms with Gasteiger partial charge in [-0.2, -0.15) is 0 Å². The molecular formula is C20H17N5O2S. The highest BCUT2D eigenvalue weighted by Gasteiger charge is 2.14. The Labute approximate surface area is 165 Å². The number of thiazole rings is 1. The van der Waals surface area contributed by atoms with E-state index in [0.29, 0.717) is 18.0 Å². The summed E-state index contributed by atoms with van der Waals surface area (Å²) in [6.07, 6.45) is 3.31. The van der Waals surface area contributed by atoms with Crippen molar-refractivity contribution in [1.29, 1.82) is 0 Å². The molecule has 140 valence electrons.